The topological polar surface area (TPSA) is 50.2 Å². The molecule has 136 valence electrons. The molecule has 3 rings (SSSR count). The third-order valence-corrected chi connectivity index (χ3v) is 4.42. The van der Waals surface area contributed by atoms with Crippen LogP contribution in [0.3, 0.4) is 0 Å². The number of carbonyl (C=O) groups is 1. The summed E-state index contributed by atoms with van der Waals surface area (Å²) in [7, 11) is 4.14. The molecule has 0 aliphatic heterocycles. The Morgan fingerprint density at radius 1 is 1.15 bits per heavy atom. The zero-order valence-corrected chi connectivity index (χ0v) is 15.7. The Balaban J connectivity index is 1.70. The number of para-hydroxylation sites is 2. The lowest BCUT2D eigenvalue weighted by Gasteiger charge is -2.13. The van der Waals surface area contributed by atoms with Gasteiger partial charge in [0.15, 0.2) is 0 Å². The van der Waals surface area contributed by atoms with Gasteiger partial charge in [0.2, 0.25) is 0 Å². The second kappa shape index (κ2) is 8.15. The molecule has 1 N–H and O–H groups in total. The zero-order chi connectivity index (χ0) is 18.5. The molecule has 0 aliphatic carbocycles. The number of nitrogens with one attached hydrogen (secondary N) is 1. The van der Waals surface area contributed by atoms with E-state index in [-0.39, 0.29) is 5.91 Å². The lowest BCUT2D eigenvalue weighted by Crippen LogP contribution is -2.27. The first-order chi connectivity index (χ1) is 12.5. The third-order valence-electron chi connectivity index (χ3n) is 4.42. The molecule has 1 aromatic heterocycles. The molecule has 5 heteroatoms. The lowest BCUT2D eigenvalue weighted by molar-refractivity contribution is 0.0954. The maximum Gasteiger partial charge on any atom is 0.251 e. The molecule has 0 saturated carbocycles. The number of benzene rings is 2. The summed E-state index contributed by atoms with van der Waals surface area (Å²) in [4.78, 5) is 19.2. The molecule has 5 nitrogen and oxygen atoms in total. The van der Waals surface area contributed by atoms with Crippen molar-refractivity contribution in [2.24, 2.45) is 0 Å². The van der Waals surface area contributed by atoms with Crippen LogP contribution in [0.4, 0.5) is 0 Å². The summed E-state index contributed by atoms with van der Waals surface area (Å²) in [5.41, 5.74) is 3.94. The van der Waals surface area contributed by atoms with Crippen LogP contribution in [0, 0.1) is 6.92 Å². The van der Waals surface area contributed by atoms with E-state index in [0.29, 0.717) is 18.5 Å². The van der Waals surface area contributed by atoms with Crippen molar-refractivity contribution >= 4 is 16.9 Å². The fourth-order valence-corrected chi connectivity index (χ4v) is 3.04. The van der Waals surface area contributed by atoms with Crippen LogP contribution in [0.25, 0.3) is 11.0 Å². The first kappa shape index (κ1) is 18.1. The molecule has 1 heterocycles. The Kier molecular flexibility index (Phi) is 5.68. The van der Waals surface area contributed by atoms with Crippen LogP contribution in [0.2, 0.25) is 0 Å². The minimum Gasteiger partial charge on any atom is -0.352 e. The van der Waals surface area contributed by atoms with Gasteiger partial charge in [-0.05, 0) is 45.3 Å². The minimum absolute atomic E-state index is 0.0374. The molecule has 1 amide bonds. The van der Waals surface area contributed by atoms with E-state index in [1.165, 1.54) is 0 Å². The zero-order valence-electron chi connectivity index (χ0n) is 15.7. The molecule has 0 bridgehead atoms. The van der Waals surface area contributed by atoms with Crippen molar-refractivity contribution < 1.29 is 4.79 Å². The predicted molar refractivity (Wildman–Crippen MR) is 106 cm³/mol. The standard InChI is InChI=1S/C21H26N4O/c1-16-7-6-8-17(15-16)21(26)22-12-11-20-23-18-9-4-5-10-19(18)25(20)14-13-24(2)3/h4-10,15H,11-14H2,1-3H3,(H,22,26). The van der Waals surface area contributed by atoms with Crippen LogP contribution in [0.5, 0.6) is 0 Å². The van der Waals surface area contributed by atoms with E-state index in [1.54, 1.807) is 0 Å². The van der Waals surface area contributed by atoms with Gasteiger partial charge in [-0.1, -0.05) is 29.8 Å². The number of nitrogens with zero attached hydrogens (tertiary/aromatic N) is 3. The Morgan fingerprint density at radius 2 is 1.96 bits per heavy atom. The average Bonchev–Trinajstić information content (AvgIpc) is 2.97. The average molecular weight is 350 g/mol. The molecule has 2 aromatic carbocycles. The summed E-state index contributed by atoms with van der Waals surface area (Å²) in [5, 5.41) is 3.01. The molecule has 26 heavy (non-hydrogen) atoms. The lowest BCUT2D eigenvalue weighted by atomic mass is 10.1. The van der Waals surface area contributed by atoms with Crippen molar-refractivity contribution in [2.75, 3.05) is 27.2 Å². The minimum atomic E-state index is -0.0374. The molecular formula is C21H26N4O. The van der Waals surface area contributed by atoms with E-state index >= 15 is 0 Å². The summed E-state index contributed by atoms with van der Waals surface area (Å²) in [6.45, 7) is 4.39. The smallest absolute Gasteiger partial charge is 0.251 e. The van der Waals surface area contributed by atoms with Crippen LogP contribution in [0.1, 0.15) is 21.7 Å². The number of fused-ring (bicyclic) bond motifs is 1. The Morgan fingerprint density at radius 3 is 2.73 bits per heavy atom. The van der Waals surface area contributed by atoms with Crippen molar-refractivity contribution in [3.8, 4) is 0 Å². The number of aromatic nitrogens is 2. The maximum atomic E-state index is 12.3. The van der Waals surface area contributed by atoms with Crippen molar-refractivity contribution in [3.63, 3.8) is 0 Å². The summed E-state index contributed by atoms with van der Waals surface area (Å²) in [6.07, 6.45) is 0.708. The molecule has 0 atom stereocenters. The summed E-state index contributed by atoms with van der Waals surface area (Å²) in [5.74, 6) is 0.974. The highest BCUT2D eigenvalue weighted by Gasteiger charge is 2.11. The van der Waals surface area contributed by atoms with Gasteiger partial charge >= 0.3 is 0 Å². The number of amides is 1. The Hall–Kier alpha value is -2.66. The van der Waals surface area contributed by atoms with Crippen LogP contribution in [-0.4, -0.2) is 47.5 Å². The van der Waals surface area contributed by atoms with Crippen molar-refractivity contribution in [2.45, 2.75) is 19.9 Å². The van der Waals surface area contributed by atoms with E-state index in [2.05, 4.69) is 34.9 Å². The van der Waals surface area contributed by atoms with Gasteiger partial charge in [0.05, 0.1) is 11.0 Å². The number of hydrogen-bond donors (Lipinski definition) is 1. The van der Waals surface area contributed by atoms with Gasteiger partial charge in [0, 0.05) is 31.6 Å². The second-order valence-electron chi connectivity index (χ2n) is 6.85. The summed E-state index contributed by atoms with van der Waals surface area (Å²) >= 11 is 0. The Bertz CT molecular complexity index is 898. The first-order valence-corrected chi connectivity index (χ1v) is 8.98. The molecule has 0 aliphatic rings. The molecule has 0 saturated heterocycles. The fraction of sp³-hybridized carbons (Fsp3) is 0.333. The number of likely N-dealkylation sites (N-methyl/N-ethyl adjacent to an activating group) is 1. The van der Waals surface area contributed by atoms with Crippen LogP contribution >= 0.6 is 0 Å². The third kappa shape index (κ3) is 4.29. The van der Waals surface area contributed by atoms with Gasteiger partial charge in [-0.25, -0.2) is 4.98 Å². The van der Waals surface area contributed by atoms with Crippen LogP contribution in [-0.2, 0) is 13.0 Å². The number of carbonyl (C=O) groups excluding carboxylic acids is 1. The number of hydrogen-bond acceptors (Lipinski definition) is 3. The van der Waals surface area contributed by atoms with Gasteiger partial charge in [0.1, 0.15) is 5.82 Å². The first-order valence-electron chi connectivity index (χ1n) is 8.98. The van der Waals surface area contributed by atoms with Crippen LogP contribution < -0.4 is 5.32 Å². The van der Waals surface area contributed by atoms with E-state index in [0.717, 1.165) is 35.5 Å². The molecule has 0 fully saturated rings. The highest BCUT2D eigenvalue weighted by molar-refractivity contribution is 5.94. The van der Waals surface area contributed by atoms with Crippen molar-refractivity contribution in [3.05, 3.63) is 65.5 Å². The quantitative estimate of drug-likeness (QED) is 0.713. The number of imidazole rings is 1. The monoisotopic (exact) mass is 350 g/mol. The van der Waals surface area contributed by atoms with E-state index in [1.807, 2.05) is 49.4 Å². The maximum absolute atomic E-state index is 12.3. The number of rotatable bonds is 7. The molecule has 3 aromatic rings. The molecule has 0 unspecified atom stereocenters. The normalized spacial score (nSPS) is 11.2. The second-order valence-corrected chi connectivity index (χ2v) is 6.85. The molecule has 0 spiro atoms. The summed E-state index contributed by atoms with van der Waals surface area (Å²) in [6, 6.07) is 15.8. The van der Waals surface area contributed by atoms with Gasteiger partial charge in [-0.15, -0.1) is 0 Å². The molecular weight excluding hydrogens is 324 g/mol. The Labute approximate surface area is 154 Å². The fourth-order valence-electron chi connectivity index (χ4n) is 3.04. The largest absolute Gasteiger partial charge is 0.352 e. The van der Waals surface area contributed by atoms with E-state index in [4.69, 9.17) is 4.98 Å². The van der Waals surface area contributed by atoms with Gasteiger partial charge in [0.25, 0.3) is 5.91 Å². The molecule has 0 radical (unpaired) electrons. The van der Waals surface area contributed by atoms with E-state index < -0.39 is 0 Å². The van der Waals surface area contributed by atoms with Gasteiger partial charge in [-0.3, -0.25) is 4.79 Å². The summed E-state index contributed by atoms with van der Waals surface area (Å²) < 4.78 is 2.26. The van der Waals surface area contributed by atoms with Crippen molar-refractivity contribution in [1.29, 1.82) is 0 Å². The van der Waals surface area contributed by atoms with Gasteiger partial charge in [-0.2, -0.15) is 0 Å². The van der Waals surface area contributed by atoms with Crippen molar-refractivity contribution in [1.82, 2.24) is 19.8 Å². The van der Waals surface area contributed by atoms with Gasteiger partial charge < -0.3 is 14.8 Å². The van der Waals surface area contributed by atoms with E-state index in [9.17, 15) is 4.79 Å². The predicted octanol–water partition coefficient (Wildman–Crippen LogP) is 2.88. The highest BCUT2D eigenvalue weighted by atomic mass is 16.1. The number of aryl methyl sites for hydroxylation is 1. The highest BCUT2D eigenvalue weighted by Crippen LogP contribution is 2.16. The van der Waals surface area contributed by atoms with Crippen LogP contribution in [0.15, 0.2) is 48.5 Å². The SMILES string of the molecule is Cc1cccc(C(=O)NCCc2nc3ccccc3n2CCN(C)C)c1.